The van der Waals surface area contributed by atoms with Crippen molar-refractivity contribution in [3.63, 3.8) is 0 Å². The van der Waals surface area contributed by atoms with Crippen LogP contribution in [0, 0.1) is 9.49 Å². The number of hydrogen-bond acceptors (Lipinski definition) is 3. The first-order valence-electron chi connectivity index (χ1n) is 10.1. The molecule has 0 aliphatic carbocycles. The minimum absolute atomic E-state index is 0.171. The number of benzene rings is 2. The average molecular weight is 577 g/mol. The maximum absolute atomic E-state index is 13.1. The van der Waals surface area contributed by atoms with E-state index in [1.807, 2.05) is 45.0 Å². The SMILES string of the molecule is CC[C@@H](C(=O)NCC(C)C)N(Cc1ccc(Cl)c(Cl)c1)C(=O)COc1ccc(I)cc1. The van der Waals surface area contributed by atoms with Gasteiger partial charge in [-0.1, -0.05) is 50.0 Å². The molecule has 0 saturated carbocycles. The van der Waals surface area contributed by atoms with Crippen molar-refractivity contribution < 1.29 is 14.3 Å². The Morgan fingerprint density at radius 2 is 1.77 bits per heavy atom. The number of rotatable bonds is 10. The molecule has 5 nitrogen and oxygen atoms in total. The topological polar surface area (TPSA) is 58.6 Å². The van der Waals surface area contributed by atoms with E-state index < -0.39 is 6.04 Å². The summed E-state index contributed by atoms with van der Waals surface area (Å²) in [6, 6.07) is 12.0. The van der Waals surface area contributed by atoms with Gasteiger partial charge in [-0.2, -0.15) is 0 Å². The Balaban J connectivity index is 2.21. The fraction of sp³-hybridized carbons (Fsp3) is 0.391. The molecular formula is C23H27Cl2IN2O3. The zero-order chi connectivity index (χ0) is 23.0. The van der Waals surface area contributed by atoms with Crippen LogP contribution in [0.1, 0.15) is 32.8 Å². The lowest BCUT2D eigenvalue weighted by Gasteiger charge is -2.31. The summed E-state index contributed by atoms with van der Waals surface area (Å²) < 4.78 is 6.76. The van der Waals surface area contributed by atoms with E-state index in [0.29, 0.717) is 34.7 Å². The Labute approximate surface area is 207 Å². The van der Waals surface area contributed by atoms with Crippen LogP contribution in [0.3, 0.4) is 0 Å². The molecule has 0 bridgehead atoms. The van der Waals surface area contributed by atoms with Gasteiger partial charge in [0.1, 0.15) is 11.8 Å². The molecule has 0 aliphatic heterocycles. The highest BCUT2D eigenvalue weighted by Gasteiger charge is 2.29. The van der Waals surface area contributed by atoms with Crippen molar-refractivity contribution >= 4 is 57.6 Å². The largest absolute Gasteiger partial charge is 0.484 e. The quantitative estimate of drug-likeness (QED) is 0.377. The van der Waals surface area contributed by atoms with Gasteiger partial charge in [0, 0.05) is 16.7 Å². The van der Waals surface area contributed by atoms with Gasteiger partial charge in [-0.25, -0.2) is 0 Å². The molecule has 8 heteroatoms. The van der Waals surface area contributed by atoms with Crippen molar-refractivity contribution in [3.05, 3.63) is 61.6 Å². The van der Waals surface area contributed by atoms with Crippen molar-refractivity contribution in [3.8, 4) is 5.75 Å². The lowest BCUT2D eigenvalue weighted by Crippen LogP contribution is -2.50. The minimum atomic E-state index is -0.624. The molecule has 1 atom stereocenters. The third kappa shape index (κ3) is 8.16. The van der Waals surface area contributed by atoms with E-state index in [4.69, 9.17) is 27.9 Å². The number of carbonyl (C=O) groups is 2. The summed E-state index contributed by atoms with van der Waals surface area (Å²) in [6.45, 7) is 6.52. The molecule has 0 saturated heterocycles. The first-order chi connectivity index (χ1) is 14.7. The smallest absolute Gasteiger partial charge is 0.261 e. The van der Waals surface area contributed by atoms with Crippen LogP contribution in [0.25, 0.3) is 0 Å². The Bertz CT molecular complexity index is 891. The van der Waals surface area contributed by atoms with Gasteiger partial charge in [-0.15, -0.1) is 0 Å². The molecule has 31 heavy (non-hydrogen) atoms. The molecule has 2 rings (SSSR count). The summed E-state index contributed by atoms with van der Waals surface area (Å²) in [6.07, 6.45) is 0.473. The summed E-state index contributed by atoms with van der Waals surface area (Å²) in [5, 5.41) is 3.77. The van der Waals surface area contributed by atoms with Gasteiger partial charge in [-0.05, 0) is 76.9 Å². The molecule has 0 spiro atoms. The second-order valence-corrected chi connectivity index (χ2v) is 9.64. The first kappa shape index (κ1) is 25.7. The van der Waals surface area contributed by atoms with Crippen LogP contribution >= 0.6 is 45.8 Å². The van der Waals surface area contributed by atoms with Gasteiger partial charge in [0.2, 0.25) is 5.91 Å². The fourth-order valence-electron chi connectivity index (χ4n) is 2.94. The predicted molar refractivity (Wildman–Crippen MR) is 134 cm³/mol. The second-order valence-electron chi connectivity index (χ2n) is 7.58. The number of nitrogens with zero attached hydrogens (tertiary/aromatic N) is 1. The molecule has 2 aromatic carbocycles. The molecule has 168 valence electrons. The number of hydrogen-bond donors (Lipinski definition) is 1. The summed E-state index contributed by atoms with van der Waals surface area (Å²) >= 11 is 14.4. The number of nitrogens with one attached hydrogen (secondary N) is 1. The van der Waals surface area contributed by atoms with E-state index in [1.54, 1.807) is 23.1 Å². The molecule has 0 radical (unpaired) electrons. The summed E-state index contributed by atoms with van der Waals surface area (Å²) in [5.74, 6) is 0.445. The van der Waals surface area contributed by atoms with Crippen molar-refractivity contribution in [1.82, 2.24) is 10.2 Å². The highest BCUT2D eigenvalue weighted by atomic mass is 127. The third-order valence-electron chi connectivity index (χ3n) is 4.58. The Morgan fingerprint density at radius 1 is 1.10 bits per heavy atom. The molecule has 2 amide bonds. The van der Waals surface area contributed by atoms with Gasteiger partial charge in [-0.3, -0.25) is 9.59 Å². The average Bonchev–Trinajstić information content (AvgIpc) is 2.74. The number of carbonyl (C=O) groups excluding carboxylic acids is 2. The highest BCUT2D eigenvalue weighted by molar-refractivity contribution is 14.1. The van der Waals surface area contributed by atoms with Gasteiger partial charge >= 0.3 is 0 Å². The number of amides is 2. The fourth-order valence-corrected chi connectivity index (χ4v) is 3.62. The predicted octanol–water partition coefficient (Wildman–Crippen LogP) is 5.56. The molecular weight excluding hydrogens is 550 g/mol. The summed E-state index contributed by atoms with van der Waals surface area (Å²) in [4.78, 5) is 27.5. The molecule has 0 fully saturated rings. The normalized spacial score (nSPS) is 11.8. The van der Waals surface area contributed by atoms with Gasteiger partial charge in [0.05, 0.1) is 10.0 Å². The van der Waals surface area contributed by atoms with Crippen LogP contribution in [0.5, 0.6) is 5.75 Å². The van der Waals surface area contributed by atoms with E-state index in [1.165, 1.54) is 0 Å². The van der Waals surface area contributed by atoms with Crippen LogP contribution < -0.4 is 10.1 Å². The molecule has 1 N–H and O–H groups in total. The van der Waals surface area contributed by atoms with Crippen molar-refractivity contribution in [1.29, 1.82) is 0 Å². The molecule has 0 aliphatic rings. The van der Waals surface area contributed by atoms with E-state index >= 15 is 0 Å². The summed E-state index contributed by atoms with van der Waals surface area (Å²) in [7, 11) is 0. The summed E-state index contributed by atoms with van der Waals surface area (Å²) in [5.41, 5.74) is 0.784. The van der Waals surface area contributed by atoms with Crippen LogP contribution in [0.4, 0.5) is 0 Å². The van der Waals surface area contributed by atoms with E-state index in [2.05, 4.69) is 27.9 Å². The van der Waals surface area contributed by atoms with Gasteiger partial charge in [0.15, 0.2) is 6.61 Å². The zero-order valence-corrected chi connectivity index (χ0v) is 21.5. The number of ether oxygens (including phenoxy) is 1. The van der Waals surface area contributed by atoms with Crippen molar-refractivity contribution in [2.45, 2.75) is 39.8 Å². The first-order valence-corrected chi connectivity index (χ1v) is 11.9. The van der Waals surface area contributed by atoms with Gasteiger partial charge < -0.3 is 15.0 Å². The van der Waals surface area contributed by atoms with E-state index in [9.17, 15) is 9.59 Å². The molecule has 2 aromatic rings. The lowest BCUT2D eigenvalue weighted by atomic mass is 10.1. The molecule has 0 unspecified atom stereocenters. The third-order valence-corrected chi connectivity index (χ3v) is 6.04. The maximum atomic E-state index is 13.1. The van der Waals surface area contributed by atoms with Gasteiger partial charge in [0.25, 0.3) is 5.91 Å². The monoisotopic (exact) mass is 576 g/mol. The lowest BCUT2D eigenvalue weighted by molar-refractivity contribution is -0.143. The minimum Gasteiger partial charge on any atom is -0.484 e. The second kappa shape index (κ2) is 12.5. The van der Waals surface area contributed by atoms with Crippen LogP contribution in [-0.2, 0) is 16.1 Å². The van der Waals surface area contributed by atoms with Crippen LogP contribution in [0.2, 0.25) is 10.0 Å². The molecule has 0 aromatic heterocycles. The zero-order valence-electron chi connectivity index (χ0n) is 17.8. The van der Waals surface area contributed by atoms with Crippen molar-refractivity contribution in [2.24, 2.45) is 5.92 Å². The van der Waals surface area contributed by atoms with E-state index in [0.717, 1.165) is 9.13 Å². The molecule has 0 heterocycles. The van der Waals surface area contributed by atoms with E-state index in [-0.39, 0.29) is 25.0 Å². The highest BCUT2D eigenvalue weighted by Crippen LogP contribution is 2.24. The van der Waals surface area contributed by atoms with Crippen LogP contribution in [-0.4, -0.2) is 35.9 Å². The van der Waals surface area contributed by atoms with Crippen LogP contribution in [0.15, 0.2) is 42.5 Å². The Morgan fingerprint density at radius 3 is 2.35 bits per heavy atom. The standard InChI is InChI=1S/C23H27Cl2IN2O3/c1-4-21(23(30)27-12-15(2)3)28(13-16-5-10-19(24)20(25)11-16)22(29)14-31-18-8-6-17(26)7-9-18/h5-11,15,21H,4,12-14H2,1-3H3,(H,27,30)/t21-/m0/s1. The van der Waals surface area contributed by atoms with Crippen molar-refractivity contribution in [2.75, 3.05) is 13.2 Å². The maximum Gasteiger partial charge on any atom is 0.261 e. The Hall–Kier alpha value is -1.51. The Kier molecular flexibility index (Phi) is 10.4. The number of halogens is 3.